The standard InChI is InChI=1S/C15H21IN2/c1-12-5-6-15(14(16)10-12)18-9-8-17-7-3-2-4-13(17)11-18/h5-6,10,13H,2-4,7-9,11H2,1H3. The monoisotopic (exact) mass is 356 g/mol. The predicted octanol–water partition coefficient (Wildman–Crippen LogP) is 3.27. The van der Waals surface area contributed by atoms with Gasteiger partial charge in [0.05, 0.1) is 5.69 Å². The Hall–Kier alpha value is -0.290. The van der Waals surface area contributed by atoms with Gasteiger partial charge in [0.15, 0.2) is 0 Å². The highest BCUT2D eigenvalue weighted by atomic mass is 127. The van der Waals surface area contributed by atoms with Crippen LogP contribution in [-0.4, -0.2) is 37.1 Å². The maximum absolute atomic E-state index is 2.70. The second-order valence-electron chi connectivity index (χ2n) is 5.59. The van der Waals surface area contributed by atoms with Crippen LogP contribution < -0.4 is 4.90 Å². The zero-order valence-electron chi connectivity index (χ0n) is 11.0. The van der Waals surface area contributed by atoms with Gasteiger partial charge in [-0.2, -0.15) is 0 Å². The average molecular weight is 356 g/mol. The number of hydrogen-bond acceptors (Lipinski definition) is 2. The van der Waals surface area contributed by atoms with Gasteiger partial charge in [0.25, 0.3) is 0 Å². The maximum Gasteiger partial charge on any atom is 0.0503 e. The zero-order chi connectivity index (χ0) is 12.5. The van der Waals surface area contributed by atoms with Crippen molar-refractivity contribution in [3.63, 3.8) is 0 Å². The lowest BCUT2D eigenvalue weighted by atomic mass is 9.99. The number of nitrogens with zero attached hydrogens (tertiary/aromatic N) is 2. The lowest BCUT2D eigenvalue weighted by Crippen LogP contribution is -2.55. The molecule has 18 heavy (non-hydrogen) atoms. The number of piperidine rings is 1. The fourth-order valence-electron chi connectivity index (χ4n) is 3.24. The predicted molar refractivity (Wildman–Crippen MR) is 85.3 cm³/mol. The Morgan fingerprint density at radius 1 is 1.17 bits per heavy atom. The first kappa shape index (κ1) is 12.7. The van der Waals surface area contributed by atoms with E-state index in [1.807, 2.05) is 0 Å². The van der Waals surface area contributed by atoms with Crippen LogP contribution in [0.1, 0.15) is 24.8 Å². The Balaban J connectivity index is 1.77. The van der Waals surface area contributed by atoms with Gasteiger partial charge in [-0.05, 0) is 66.6 Å². The van der Waals surface area contributed by atoms with E-state index in [1.165, 1.54) is 60.3 Å². The van der Waals surface area contributed by atoms with E-state index in [9.17, 15) is 0 Å². The molecule has 2 aliphatic heterocycles. The van der Waals surface area contributed by atoms with Crippen molar-refractivity contribution in [1.82, 2.24) is 4.90 Å². The lowest BCUT2D eigenvalue weighted by molar-refractivity contribution is 0.133. The molecule has 1 atom stereocenters. The maximum atomic E-state index is 2.70. The Morgan fingerprint density at radius 3 is 2.89 bits per heavy atom. The average Bonchev–Trinajstić information content (AvgIpc) is 2.38. The summed E-state index contributed by atoms with van der Waals surface area (Å²) >= 11 is 2.48. The summed E-state index contributed by atoms with van der Waals surface area (Å²) in [5, 5.41) is 0. The van der Waals surface area contributed by atoms with Crippen molar-refractivity contribution in [2.75, 3.05) is 31.1 Å². The molecule has 2 aliphatic rings. The first-order valence-corrected chi connectivity index (χ1v) is 8.07. The van der Waals surface area contributed by atoms with Crippen molar-refractivity contribution in [1.29, 1.82) is 0 Å². The molecule has 1 unspecified atom stereocenters. The summed E-state index contributed by atoms with van der Waals surface area (Å²) in [4.78, 5) is 5.29. The molecule has 3 rings (SSSR count). The van der Waals surface area contributed by atoms with Gasteiger partial charge in [0, 0.05) is 29.2 Å². The number of piperazine rings is 1. The van der Waals surface area contributed by atoms with Gasteiger partial charge in [0.2, 0.25) is 0 Å². The molecule has 2 heterocycles. The van der Waals surface area contributed by atoms with Crippen molar-refractivity contribution in [3.05, 3.63) is 27.3 Å². The van der Waals surface area contributed by atoms with Crippen LogP contribution in [0.5, 0.6) is 0 Å². The third kappa shape index (κ3) is 2.52. The second kappa shape index (κ2) is 5.37. The summed E-state index contributed by atoms with van der Waals surface area (Å²) in [6.45, 7) is 7.15. The van der Waals surface area contributed by atoms with Crippen molar-refractivity contribution < 1.29 is 0 Å². The highest BCUT2D eigenvalue weighted by molar-refractivity contribution is 14.1. The first-order valence-electron chi connectivity index (χ1n) is 6.99. The molecular formula is C15H21IN2. The van der Waals surface area contributed by atoms with Crippen LogP contribution in [-0.2, 0) is 0 Å². The lowest BCUT2D eigenvalue weighted by Gasteiger charge is -2.45. The molecule has 1 aromatic rings. The molecule has 0 aliphatic carbocycles. The van der Waals surface area contributed by atoms with Crippen molar-refractivity contribution >= 4 is 28.3 Å². The number of benzene rings is 1. The minimum absolute atomic E-state index is 0.796. The topological polar surface area (TPSA) is 6.48 Å². The minimum atomic E-state index is 0.796. The summed E-state index contributed by atoms with van der Waals surface area (Å²) in [5.74, 6) is 0. The summed E-state index contributed by atoms with van der Waals surface area (Å²) in [5.41, 5.74) is 2.80. The van der Waals surface area contributed by atoms with Gasteiger partial charge in [-0.15, -0.1) is 0 Å². The van der Waals surface area contributed by atoms with Crippen LogP contribution in [0.25, 0.3) is 0 Å². The van der Waals surface area contributed by atoms with Crippen LogP contribution in [0, 0.1) is 10.5 Å². The molecule has 3 heteroatoms. The van der Waals surface area contributed by atoms with Crippen LogP contribution >= 0.6 is 22.6 Å². The summed E-state index contributed by atoms with van der Waals surface area (Å²) in [6, 6.07) is 7.63. The van der Waals surface area contributed by atoms with Crippen LogP contribution in [0.4, 0.5) is 5.69 Å². The van der Waals surface area contributed by atoms with Gasteiger partial charge >= 0.3 is 0 Å². The molecule has 98 valence electrons. The van der Waals surface area contributed by atoms with E-state index in [0.717, 1.165) is 6.04 Å². The minimum Gasteiger partial charge on any atom is -0.368 e. The molecule has 0 spiro atoms. The van der Waals surface area contributed by atoms with Gasteiger partial charge in [-0.25, -0.2) is 0 Å². The number of fused-ring (bicyclic) bond motifs is 1. The Morgan fingerprint density at radius 2 is 2.06 bits per heavy atom. The zero-order valence-corrected chi connectivity index (χ0v) is 13.2. The first-order chi connectivity index (χ1) is 8.74. The fraction of sp³-hybridized carbons (Fsp3) is 0.600. The summed E-state index contributed by atoms with van der Waals surface area (Å²) < 4.78 is 1.40. The fourth-order valence-corrected chi connectivity index (χ4v) is 4.26. The van der Waals surface area contributed by atoms with Gasteiger partial charge < -0.3 is 4.90 Å². The molecule has 0 amide bonds. The Labute approximate surface area is 123 Å². The summed E-state index contributed by atoms with van der Waals surface area (Å²) in [6.07, 6.45) is 4.21. The van der Waals surface area contributed by atoms with E-state index in [0.29, 0.717) is 0 Å². The molecular weight excluding hydrogens is 335 g/mol. The second-order valence-corrected chi connectivity index (χ2v) is 6.75. The Kier molecular flexibility index (Phi) is 3.80. The van der Waals surface area contributed by atoms with Gasteiger partial charge in [0.1, 0.15) is 0 Å². The van der Waals surface area contributed by atoms with Gasteiger partial charge in [-0.3, -0.25) is 4.90 Å². The van der Waals surface area contributed by atoms with Gasteiger partial charge in [-0.1, -0.05) is 12.5 Å². The smallest absolute Gasteiger partial charge is 0.0503 e. The van der Waals surface area contributed by atoms with E-state index < -0.39 is 0 Å². The normalized spacial score (nSPS) is 25.0. The van der Waals surface area contributed by atoms with E-state index in [1.54, 1.807) is 0 Å². The molecule has 0 aromatic heterocycles. The van der Waals surface area contributed by atoms with Crippen LogP contribution in [0.2, 0.25) is 0 Å². The largest absolute Gasteiger partial charge is 0.368 e. The number of aryl methyl sites for hydroxylation is 1. The van der Waals surface area contributed by atoms with Crippen molar-refractivity contribution in [3.8, 4) is 0 Å². The van der Waals surface area contributed by atoms with Crippen molar-refractivity contribution in [2.24, 2.45) is 0 Å². The quantitative estimate of drug-likeness (QED) is 0.713. The number of rotatable bonds is 1. The molecule has 2 fully saturated rings. The highest BCUT2D eigenvalue weighted by Gasteiger charge is 2.29. The third-order valence-electron chi connectivity index (χ3n) is 4.28. The molecule has 1 aromatic carbocycles. The van der Waals surface area contributed by atoms with E-state index in [-0.39, 0.29) is 0 Å². The van der Waals surface area contributed by atoms with Crippen LogP contribution in [0.3, 0.4) is 0 Å². The number of hydrogen-bond donors (Lipinski definition) is 0. The number of anilines is 1. The number of halogens is 1. The van der Waals surface area contributed by atoms with E-state index in [4.69, 9.17) is 0 Å². The highest BCUT2D eigenvalue weighted by Crippen LogP contribution is 2.28. The van der Waals surface area contributed by atoms with Crippen molar-refractivity contribution in [2.45, 2.75) is 32.2 Å². The van der Waals surface area contributed by atoms with Crippen LogP contribution in [0.15, 0.2) is 18.2 Å². The molecule has 0 radical (unpaired) electrons. The molecule has 2 saturated heterocycles. The molecule has 2 nitrogen and oxygen atoms in total. The Bertz CT molecular complexity index is 433. The molecule has 0 saturated carbocycles. The summed E-state index contributed by atoms with van der Waals surface area (Å²) in [7, 11) is 0. The molecule has 0 bridgehead atoms. The van der Waals surface area contributed by atoms with E-state index >= 15 is 0 Å². The molecule has 0 N–H and O–H groups in total. The SMILES string of the molecule is Cc1ccc(N2CCN3CCCCC3C2)c(I)c1. The third-order valence-corrected chi connectivity index (χ3v) is 5.15. The van der Waals surface area contributed by atoms with E-state index in [2.05, 4.69) is 57.5 Å².